The van der Waals surface area contributed by atoms with Crippen molar-refractivity contribution < 1.29 is 4.74 Å². The highest BCUT2D eigenvalue weighted by Crippen LogP contribution is 2.26. The van der Waals surface area contributed by atoms with Gasteiger partial charge in [-0.05, 0) is 28.1 Å². The van der Waals surface area contributed by atoms with Gasteiger partial charge in [-0.25, -0.2) is 0 Å². The second kappa shape index (κ2) is 3.26. The topological polar surface area (TPSA) is 9.23 Å². The second-order valence-corrected chi connectivity index (χ2v) is 2.95. The molecule has 0 saturated carbocycles. The molecule has 1 nitrogen and oxygen atoms in total. The fraction of sp³-hybridized carbons (Fsp3) is 0.143. The third-order valence-electron chi connectivity index (χ3n) is 1.03. The van der Waals surface area contributed by atoms with E-state index in [1.54, 1.807) is 13.2 Å². The molecule has 0 aliphatic rings. The Kier molecular flexibility index (Phi) is 2.57. The van der Waals surface area contributed by atoms with E-state index in [1.165, 1.54) is 0 Å². The predicted molar refractivity (Wildman–Crippen MR) is 44.5 cm³/mol. The Balaban J connectivity index is 3.09. The highest BCUT2D eigenvalue weighted by Gasteiger charge is 1.98. The van der Waals surface area contributed by atoms with Crippen LogP contribution in [-0.2, 0) is 0 Å². The van der Waals surface area contributed by atoms with Crippen LogP contribution < -0.4 is 4.74 Å². The number of benzene rings is 1. The van der Waals surface area contributed by atoms with E-state index in [4.69, 9.17) is 16.3 Å². The SMILES string of the molecule is COc1[c]c(Cl)ccc1Br. The molecule has 0 saturated heterocycles. The van der Waals surface area contributed by atoms with E-state index in [2.05, 4.69) is 22.0 Å². The molecule has 0 fully saturated rings. The van der Waals surface area contributed by atoms with Crippen LogP contribution in [0.3, 0.4) is 0 Å². The predicted octanol–water partition coefficient (Wildman–Crippen LogP) is 2.91. The monoisotopic (exact) mass is 219 g/mol. The quantitative estimate of drug-likeness (QED) is 0.707. The maximum atomic E-state index is 5.64. The zero-order valence-electron chi connectivity index (χ0n) is 5.32. The summed E-state index contributed by atoms with van der Waals surface area (Å²) < 4.78 is 5.80. The van der Waals surface area contributed by atoms with Crippen LogP contribution in [0.15, 0.2) is 16.6 Å². The summed E-state index contributed by atoms with van der Waals surface area (Å²) in [5, 5.41) is 0.556. The lowest BCUT2D eigenvalue weighted by Gasteiger charge is -2.00. The zero-order valence-corrected chi connectivity index (χ0v) is 7.66. The van der Waals surface area contributed by atoms with E-state index in [0.717, 1.165) is 4.47 Å². The van der Waals surface area contributed by atoms with Crippen LogP contribution >= 0.6 is 27.5 Å². The van der Waals surface area contributed by atoms with Crippen LogP contribution in [0.5, 0.6) is 5.75 Å². The normalized spacial score (nSPS) is 9.50. The smallest absolute Gasteiger partial charge is 0.142 e. The molecule has 0 unspecified atom stereocenters. The van der Waals surface area contributed by atoms with Gasteiger partial charge in [-0.3, -0.25) is 0 Å². The van der Waals surface area contributed by atoms with Crippen LogP contribution in [0.2, 0.25) is 5.02 Å². The summed E-state index contributed by atoms with van der Waals surface area (Å²) in [6.07, 6.45) is 0. The number of hydrogen-bond donors (Lipinski definition) is 0. The molecule has 0 heterocycles. The Hall–Kier alpha value is -0.210. The molecule has 0 amide bonds. The number of hydrogen-bond acceptors (Lipinski definition) is 1. The van der Waals surface area contributed by atoms with Gasteiger partial charge >= 0.3 is 0 Å². The highest BCUT2D eigenvalue weighted by atomic mass is 79.9. The lowest BCUT2D eigenvalue weighted by molar-refractivity contribution is 0.411. The molecular formula is C7H5BrClO. The summed E-state index contributed by atoms with van der Waals surface area (Å²) in [4.78, 5) is 0. The summed E-state index contributed by atoms with van der Waals surface area (Å²) in [6, 6.07) is 6.38. The molecule has 0 aromatic heterocycles. The average Bonchev–Trinajstić information content (AvgIpc) is 1.94. The third-order valence-corrected chi connectivity index (χ3v) is 1.87. The first-order chi connectivity index (χ1) is 4.74. The molecule has 1 radical (unpaired) electrons. The van der Waals surface area contributed by atoms with Gasteiger partial charge in [-0.1, -0.05) is 11.6 Å². The molecule has 0 bridgehead atoms. The Labute approximate surface area is 73.1 Å². The molecule has 0 aliphatic heterocycles. The highest BCUT2D eigenvalue weighted by molar-refractivity contribution is 9.10. The number of ether oxygens (including phenoxy) is 1. The van der Waals surface area contributed by atoms with Crippen LogP contribution in [0, 0.1) is 6.07 Å². The van der Waals surface area contributed by atoms with Gasteiger partial charge in [-0.15, -0.1) is 0 Å². The second-order valence-electron chi connectivity index (χ2n) is 1.69. The summed E-state index contributed by atoms with van der Waals surface area (Å²) >= 11 is 8.91. The minimum atomic E-state index is 0.556. The van der Waals surface area contributed by atoms with Gasteiger partial charge in [0.25, 0.3) is 0 Å². The maximum Gasteiger partial charge on any atom is 0.142 e. The Morgan fingerprint density at radius 3 is 2.80 bits per heavy atom. The third kappa shape index (κ3) is 1.64. The molecule has 1 rings (SSSR count). The lowest BCUT2D eigenvalue weighted by atomic mass is 10.3. The van der Waals surface area contributed by atoms with Crippen molar-refractivity contribution in [3.63, 3.8) is 0 Å². The summed E-state index contributed by atoms with van der Waals surface area (Å²) in [7, 11) is 1.58. The van der Waals surface area contributed by atoms with E-state index in [-0.39, 0.29) is 0 Å². The fourth-order valence-corrected chi connectivity index (χ4v) is 1.12. The van der Waals surface area contributed by atoms with Crippen molar-refractivity contribution in [2.75, 3.05) is 7.11 Å². The molecule has 53 valence electrons. The number of halogens is 2. The van der Waals surface area contributed by atoms with Crippen molar-refractivity contribution in [2.45, 2.75) is 0 Å². The molecule has 0 atom stereocenters. The standard InChI is InChI=1S/C7H5BrClO/c1-10-7-4-5(9)2-3-6(7)8/h2-3H,1H3. The van der Waals surface area contributed by atoms with Crippen molar-refractivity contribution in [3.05, 3.63) is 27.7 Å². The largest absolute Gasteiger partial charge is 0.495 e. The summed E-state index contributed by atoms with van der Waals surface area (Å²) in [6.45, 7) is 0. The van der Waals surface area contributed by atoms with Crippen molar-refractivity contribution in [3.8, 4) is 5.75 Å². The number of methoxy groups -OCH3 is 1. The molecule has 3 heteroatoms. The minimum Gasteiger partial charge on any atom is -0.495 e. The minimum absolute atomic E-state index is 0.556. The molecule has 1 aromatic carbocycles. The summed E-state index contributed by atoms with van der Waals surface area (Å²) in [5.41, 5.74) is 0. The summed E-state index contributed by atoms with van der Waals surface area (Å²) in [5.74, 6) is 0.632. The molecule has 1 aromatic rings. The molecular weight excluding hydrogens is 215 g/mol. The van der Waals surface area contributed by atoms with Gasteiger partial charge in [0.1, 0.15) is 5.75 Å². The van der Waals surface area contributed by atoms with Gasteiger partial charge in [0.05, 0.1) is 16.6 Å². The zero-order chi connectivity index (χ0) is 7.56. The lowest BCUT2D eigenvalue weighted by Crippen LogP contribution is -1.83. The Bertz CT molecular complexity index is 237. The van der Waals surface area contributed by atoms with E-state index in [1.807, 2.05) is 6.07 Å². The Morgan fingerprint density at radius 2 is 2.30 bits per heavy atom. The van der Waals surface area contributed by atoms with Gasteiger partial charge < -0.3 is 4.74 Å². The van der Waals surface area contributed by atoms with Gasteiger partial charge in [0.2, 0.25) is 0 Å². The van der Waals surface area contributed by atoms with Crippen molar-refractivity contribution in [1.29, 1.82) is 0 Å². The van der Waals surface area contributed by atoms with Crippen molar-refractivity contribution in [2.24, 2.45) is 0 Å². The van der Waals surface area contributed by atoms with Crippen molar-refractivity contribution >= 4 is 27.5 Å². The first-order valence-corrected chi connectivity index (χ1v) is 3.82. The van der Waals surface area contributed by atoms with E-state index < -0.39 is 0 Å². The van der Waals surface area contributed by atoms with E-state index in [0.29, 0.717) is 10.8 Å². The Morgan fingerprint density at radius 1 is 1.60 bits per heavy atom. The van der Waals surface area contributed by atoms with Gasteiger partial charge in [0, 0.05) is 6.07 Å². The number of rotatable bonds is 1. The van der Waals surface area contributed by atoms with Gasteiger partial charge in [0.15, 0.2) is 0 Å². The molecule has 0 spiro atoms. The van der Waals surface area contributed by atoms with Gasteiger partial charge in [-0.2, -0.15) is 0 Å². The van der Waals surface area contributed by atoms with Crippen molar-refractivity contribution in [1.82, 2.24) is 0 Å². The first kappa shape index (κ1) is 7.89. The van der Waals surface area contributed by atoms with Crippen LogP contribution in [0.1, 0.15) is 0 Å². The van der Waals surface area contributed by atoms with E-state index in [9.17, 15) is 0 Å². The molecule has 10 heavy (non-hydrogen) atoms. The fourth-order valence-electron chi connectivity index (χ4n) is 0.580. The van der Waals surface area contributed by atoms with Crippen LogP contribution in [-0.4, -0.2) is 7.11 Å². The van der Waals surface area contributed by atoms with Crippen LogP contribution in [0.25, 0.3) is 0 Å². The maximum absolute atomic E-state index is 5.64. The molecule has 0 aliphatic carbocycles. The first-order valence-electron chi connectivity index (χ1n) is 2.65. The molecule has 0 N–H and O–H groups in total. The van der Waals surface area contributed by atoms with E-state index >= 15 is 0 Å². The average molecular weight is 220 g/mol. The van der Waals surface area contributed by atoms with Crippen LogP contribution in [0.4, 0.5) is 0 Å².